The molecule has 2 aromatic heterocycles. The van der Waals surface area contributed by atoms with Gasteiger partial charge in [0.15, 0.2) is 5.69 Å². The van der Waals surface area contributed by atoms with Gasteiger partial charge in [-0.3, -0.25) is 0 Å². The minimum Gasteiger partial charge on any atom is -0.419 e. The van der Waals surface area contributed by atoms with Crippen molar-refractivity contribution >= 4 is 39.1 Å². The Balaban J connectivity index is 1.68. The zero-order valence-corrected chi connectivity index (χ0v) is 21.3. The zero-order chi connectivity index (χ0) is 22.9. The van der Waals surface area contributed by atoms with Gasteiger partial charge in [0.2, 0.25) is 5.89 Å². The van der Waals surface area contributed by atoms with Crippen molar-refractivity contribution in [3.05, 3.63) is 68.4 Å². The van der Waals surface area contributed by atoms with Crippen LogP contribution in [-0.4, -0.2) is 20.0 Å². The molecule has 2 aromatic carbocycles. The van der Waals surface area contributed by atoms with Crippen molar-refractivity contribution in [2.24, 2.45) is 0 Å². The Labute approximate surface area is 211 Å². The van der Waals surface area contributed by atoms with Crippen molar-refractivity contribution < 1.29 is 4.42 Å². The molecule has 5 rings (SSSR count). The second kappa shape index (κ2) is 9.61. The van der Waals surface area contributed by atoms with Gasteiger partial charge in [-0.25, -0.2) is 4.68 Å². The maximum Gasteiger partial charge on any atom is 0.268 e. The maximum absolute atomic E-state index is 6.60. The molecule has 8 heteroatoms. The van der Waals surface area contributed by atoms with Crippen molar-refractivity contribution in [2.45, 2.75) is 51.4 Å². The summed E-state index contributed by atoms with van der Waals surface area (Å²) in [4.78, 5) is 0. The third-order valence-electron chi connectivity index (χ3n) is 6.19. The minimum absolute atomic E-state index is 0.337. The fourth-order valence-corrected chi connectivity index (χ4v) is 5.29. The molecule has 0 atom stereocenters. The van der Waals surface area contributed by atoms with Crippen LogP contribution in [0.25, 0.3) is 28.5 Å². The van der Waals surface area contributed by atoms with Crippen molar-refractivity contribution in [3.63, 3.8) is 0 Å². The van der Waals surface area contributed by atoms with Gasteiger partial charge >= 0.3 is 0 Å². The van der Waals surface area contributed by atoms with Crippen LogP contribution in [0.3, 0.4) is 0 Å². The molecule has 0 radical (unpaired) electrons. The average Bonchev–Trinajstić information content (AvgIpc) is 3.45. The van der Waals surface area contributed by atoms with Gasteiger partial charge in [0, 0.05) is 26.5 Å². The summed E-state index contributed by atoms with van der Waals surface area (Å²) in [6, 6.07) is 13.6. The second-order valence-electron chi connectivity index (χ2n) is 8.32. The molecule has 4 aromatic rings. The molecule has 5 nitrogen and oxygen atoms in total. The van der Waals surface area contributed by atoms with E-state index in [4.69, 9.17) is 32.7 Å². The van der Waals surface area contributed by atoms with Crippen molar-refractivity contribution in [1.82, 2.24) is 20.0 Å². The first-order valence-corrected chi connectivity index (χ1v) is 12.8. The van der Waals surface area contributed by atoms with E-state index in [1.807, 2.05) is 28.9 Å². The van der Waals surface area contributed by atoms with Gasteiger partial charge in [-0.2, -0.15) is 5.10 Å². The Morgan fingerprint density at radius 1 is 1.03 bits per heavy atom. The topological polar surface area (TPSA) is 56.7 Å². The molecule has 0 aliphatic heterocycles. The van der Waals surface area contributed by atoms with Crippen LogP contribution < -0.4 is 0 Å². The van der Waals surface area contributed by atoms with Crippen molar-refractivity contribution in [3.8, 4) is 28.5 Å². The number of rotatable bonds is 5. The predicted octanol–water partition coefficient (Wildman–Crippen LogP) is 8.27. The van der Waals surface area contributed by atoms with Crippen LogP contribution in [0, 0.1) is 0 Å². The summed E-state index contributed by atoms with van der Waals surface area (Å²) in [5.41, 5.74) is 4.43. The number of nitrogens with zero attached hydrogens (tertiary/aromatic N) is 4. The van der Waals surface area contributed by atoms with Crippen LogP contribution in [0.15, 0.2) is 51.4 Å². The van der Waals surface area contributed by atoms with Crippen LogP contribution in [0.1, 0.15) is 56.4 Å². The fourth-order valence-electron chi connectivity index (χ4n) is 4.53. The first-order valence-electron chi connectivity index (χ1n) is 11.2. The largest absolute Gasteiger partial charge is 0.419 e. The normalized spacial score (nSPS) is 14.7. The summed E-state index contributed by atoms with van der Waals surface area (Å²) in [5, 5.41) is 14.9. The number of aromatic nitrogens is 4. The van der Waals surface area contributed by atoms with E-state index in [2.05, 4.69) is 45.2 Å². The highest BCUT2D eigenvalue weighted by atomic mass is 79.9. The highest BCUT2D eigenvalue weighted by molar-refractivity contribution is 9.10. The van der Waals surface area contributed by atoms with E-state index in [9.17, 15) is 0 Å². The number of hydrogen-bond donors (Lipinski definition) is 0. The molecule has 2 heterocycles. The summed E-state index contributed by atoms with van der Waals surface area (Å²) in [6.07, 6.45) is 6.63. The second-order valence-corrected chi connectivity index (χ2v) is 10.1. The SMILES string of the molecule is CCc1c(-c2nnc(C3CCCCC3)o2)nn(-c2ccc(Cl)cc2Cl)c1-c1ccc(Br)cc1. The molecule has 0 bridgehead atoms. The highest BCUT2D eigenvalue weighted by Crippen LogP contribution is 2.38. The van der Waals surface area contributed by atoms with E-state index in [1.54, 1.807) is 6.07 Å². The quantitative estimate of drug-likeness (QED) is 0.253. The lowest BCUT2D eigenvalue weighted by molar-refractivity contribution is 0.366. The Kier molecular flexibility index (Phi) is 6.59. The van der Waals surface area contributed by atoms with E-state index in [0.717, 1.165) is 52.1 Å². The number of benzene rings is 2. The smallest absolute Gasteiger partial charge is 0.268 e. The molecule has 0 unspecified atom stereocenters. The van der Waals surface area contributed by atoms with Gasteiger partial charge in [0.05, 0.1) is 16.4 Å². The number of hydrogen-bond acceptors (Lipinski definition) is 4. The van der Waals surface area contributed by atoms with Gasteiger partial charge in [-0.05, 0) is 49.6 Å². The monoisotopic (exact) mass is 544 g/mol. The fraction of sp³-hybridized carbons (Fsp3) is 0.320. The average molecular weight is 546 g/mol. The van der Waals surface area contributed by atoms with Gasteiger partial charge in [-0.15, -0.1) is 10.2 Å². The lowest BCUT2D eigenvalue weighted by Crippen LogP contribution is -2.04. The summed E-state index contributed by atoms with van der Waals surface area (Å²) >= 11 is 16.3. The molecule has 1 aliphatic carbocycles. The molecule has 0 N–H and O–H groups in total. The molecule has 0 amide bonds. The molecule has 170 valence electrons. The summed E-state index contributed by atoms with van der Waals surface area (Å²) in [7, 11) is 0. The van der Waals surface area contributed by atoms with Crippen LogP contribution in [0.5, 0.6) is 0 Å². The zero-order valence-electron chi connectivity index (χ0n) is 18.2. The van der Waals surface area contributed by atoms with E-state index in [1.165, 1.54) is 19.3 Å². The molecule has 0 spiro atoms. The maximum atomic E-state index is 6.60. The summed E-state index contributed by atoms with van der Waals surface area (Å²) < 4.78 is 9.07. The van der Waals surface area contributed by atoms with Crippen LogP contribution >= 0.6 is 39.1 Å². The first kappa shape index (κ1) is 22.6. The van der Waals surface area contributed by atoms with Gasteiger partial charge < -0.3 is 4.42 Å². The number of halogens is 3. The van der Waals surface area contributed by atoms with E-state index in [0.29, 0.717) is 27.5 Å². The highest BCUT2D eigenvalue weighted by Gasteiger charge is 2.27. The molecular formula is C25H23BrCl2N4O. The Morgan fingerprint density at radius 3 is 2.48 bits per heavy atom. The third-order valence-corrected chi connectivity index (χ3v) is 7.26. The lowest BCUT2D eigenvalue weighted by atomic mass is 9.89. The van der Waals surface area contributed by atoms with E-state index in [-0.39, 0.29) is 0 Å². The lowest BCUT2D eigenvalue weighted by Gasteiger charge is -2.17. The molecule has 1 fully saturated rings. The molecule has 1 saturated carbocycles. The van der Waals surface area contributed by atoms with Crippen molar-refractivity contribution in [2.75, 3.05) is 0 Å². The van der Waals surface area contributed by atoms with E-state index >= 15 is 0 Å². The molecule has 1 aliphatic rings. The molecule has 33 heavy (non-hydrogen) atoms. The summed E-state index contributed by atoms with van der Waals surface area (Å²) in [5.74, 6) is 1.51. The van der Waals surface area contributed by atoms with Crippen LogP contribution in [0.4, 0.5) is 0 Å². The molecule has 0 saturated heterocycles. The summed E-state index contributed by atoms with van der Waals surface area (Å²) in [6.45, 7) is 2.11. The third kappa shape index (κ3) is 4.48. The van der Waals surface area contributed by atoms with Gasteiger partial charge in [-0.1, -0.05) is 77.5 Å². The van der Waals surface area contributed by atoms with Crippen molar-refractivity contribution in [1.29, 1.82) is 0 Å². The van der Waals surface area contributed by atoms with E-state index < -0.39 is 0 Å². The predicted molar refractivity (Wildman–Crippen MR) is 135 cm³/mol. The Bertz CT molecular complexity index is 1280. The van der Waals surface area contributed by atoms with Gasteiger partial charge in [0.25, 0.3) is 5.89 Å². The Hall–Kier alpha value is -2.15. The molecular weight excluding hydrogens is 523 g/mol. The van der Waals surface area contributed by atoms with Crippen LogP contribution in [0.2, 0.25) is 10.0 Å². The van der Waals surface area contributed by atoms with Gasteiger partial charge in [0.1, 0.15) is 0 Å². The first-order chi connectivity index (χ1) is 16.0. The van der Waals surface area contributed by atoms with Crippen LogP contribution in [-0.2, 0) is 6.42 Å². The standard InChI is InChI=1S/C25H23BrCl2N4O/c1-2-19-22(25-30-29-24(33-25)16-6-4-3-5-7-16)31-32(21-13-12-18(27)14-20(21)28)23(19)15-8-10-17(26)11-9-15/h8-14,16H,2-7H2,1H3. The Morgan fingerprint density at radius 2 is 1.79 bits per heavy atom. The minimum atomic E-state index is 0.337.